The number of halogens is 1. The number of aromatic nitrogens is 2. The lowest BCUT2D eigenvalue weighted by Crippen LogP contribution is -2.09. The summed E-state index contributed by atoms with van der Waals surface area (Å²) in [5, 5.41) is 0. The van der Waals surface area contributed by atoms with E-state index in [2.05, 4.69) is 32.8 Å². The van der Waals surface area contributed by atoms with Gasteiger partial charge < -0.3 is 4.90 Å². The smallest absolute Gasteiger partial charge is 0.229 e. The van der Waals surface area contributed by atoms with Crippen LogP contribution in [0.15, 0.2) is 59.5 Å². The van der Waals surface area contributed by atoms with Crippen molar-refractivity contribution in [1.82, 2.24) is 9.55 Å². The van der Waals surface area contributed by atoms with Crippen molar-refractivity contribution in [3.8, 4) is 11.8 Å². The van der Waals surface area contributed by atoms with Gasteiger partial charge in [0.2, 0.25) is 5.91 Å². The molecule has 0 bridgehead atoms. The van der Waals surface area contributed by atoms with E-state index in [4.69, 9.17) is 0 Å². The van der Waals surface area contributed by atoms with Gasteiger partial charge in [-0.3, -0.25) is 9.36 Å². The first-order valence-electron chi connectivity index (χ1n) is 7.35. The Morgan fingerprint density at radius 1 is 1.08 bits per heavy atom. The van der Waals surface area contributed by atoms with Crippen LogP contribution in [0.5, 0.6) is 0 Å². The molecular formula is C19H18BrN3O. The predicted molar refractivity (Wildman–Crippen MR) is 101 cm³/mol. The maximum Gasteiger partial charge on any atom is 0.229 e. The van der Waals surface area contributed by atoms with Gasteiger partial charge in [0.05, 0.1) is 0 Å². The van der Waals surface area contributed by atoms with E-state index in [1.165, 1.54) is 17.8 Å². The second-order valence-electron chi connectivity index (χ2n) is 5.25. The molecule has 0 aliphatic heterocycles. The molecule has 0 saturated heterocycles. The van der Waals surface area contributed by atoms with Crippen molar-refractivity contribution in [3.05, 3.63) is 70.7 Å². The summed E-state index contributed by atoms with van der Waals surface area (Å²) in [7, 11) is 3.98. The zero-order valence-corrected chi connectivity index (χ0v) is 15.4. The third-order valence-corrected chi connectivity index (χ3v) is 3.68. The van der Waals surface area contributed by atoms with Gasteiger partial charge in [0.25, 0.3) is 0 Å². The van der Waals surface area contributed by atoms with Crippen molar-refractivity contribution in [2.45, 2.75) is 6.92 Å². The Hall–Kier alpha value is -2.58. The fourth-order valence-corrected chi connectivity index (χ4v) is 2.16. The minimum Gasteiger partial charge on any atom is -0.378 e. The van der Waals surface area contributed by atoms with Crippen LogP contribution in [0.1, 0.15) is 23.0 Å². The van der Waals surface area contributed by atoms with Gasteiger partial charge in [-0.15, -0.1) is 0 Å². The molecule has 0 fully saturated rings. The van der Waals surface area contributed by atoms with Gasteiger partial charge >= 0.3 is 0 Å². The Bertz CT molecular complexity index is 841. The molecule has 0 amide bonds. The second-order valence-corrected chi connectivity index (χ2v) is 6.06. The number of benzene rings is 1. The number of carbonyl (C=O) groups is 1. The largest absolute Gasteiger partial charge is 0.378 e. The highest BCUT2D eigenvalue weighted by Crippen LogP contribution is 2.11. The summed E-state index contributed by atoms with van der Waals surface area (Å²) in [6.07, 6.45) is 1.46. The summed E-state index contributed by atoms with van der Waals surface area (Å²) in [4.78, 5) is 18.1. The van der Waals surface area contributed by atoms with Gasteiger partial charge in [-0.25, -0.2) is 4.98 Å². The summed E-state index contributed by atoms with van der Waals surface area (Å²) in [5.74, 6) is 5.99. The summed E-state index contributed by atoms with van der Waals surface area (Å²) in [6.45, 7) is 1.48. The van der Waals surface area contributed by atoms with Crippen LogP contribution in [0.25, 0.3) is 0 Å². The highest BCUT2D eigenvalue weighted by Gasteiger charge is 1.99. The molecule has 122 valence electrons. The lowest BCUT2D eigenvalue weighted by Gasteiger charge is -2.11. The van der Waals surface area contributed by atoms with E-state index < -0.39 is 0 Å². The first kappa shape index (κ1) is 17.8. The molecule has 0 aliphatic carbocycles. The van der Waals surface area contributed by atoms with Crippen molar-refractivity contribution in [2.75, 3.05) is 19.0 Å². The van der Waals surface area contributed by atoms with Crippen LogP contribution in [0.2, 0.25) is 0 Å². The zero-order valence-electron chi connectivity index (χ0n) is 13.8. The molecule has 24 heavy (non-hydrogen) atoms. The summed E-state index contributed by atoms with van der Waals surface area (Å²) < 4.78 is 2.05. The van der Waals surface area contributed by atoms with Crippen LogP contribution >= 0.6 is 15.9 Å². The Morgan fingerprint density at radius 2 is 1.75 bits per heavy atom. The standard InChI is InChI=1S/C19H18BrN3O/c1-15(24)23-14-21-19(20)7-5-4-6-18(23)13-10-16-8-11-17(12-9-16)22(2)3/h4-9,11-12,14H,1-3H3. The van der Waals surface area contributed by atoms with Crippen LogP contribution < -0.4 is 4.90 Å². The topological polar surface area (TPSA) is 38.1 Å². The number of hydrogen-bond donors (Lipinski definition) is 0. The summed E-state index contributed by atoms with van der Waals surface area (Å²) in [5.41, 5.74) is 2.55. The molecule has 0 unspecified atom stereocenters. The van der Waals surface area contributed by atoms with E-state index >= 15 is 0 Å². The maximum absolute atomic E-state index is 11.9. The second kappa shape index (κ2) is 8.32. The van der Waals surface area contributed by atoms with Gasteiger partial charge in [0, 0.05) is 32.3 Å². The van der Waals surface area contributed by atoms with Crippen molar-refractivity contribution < 1.29 is 4.79 Å². The van der Waals surface area contributed by atoms with E-state index in [0.29, 0.717) is 10.3 Å². The fourth-order valence-electron chi connectivity index (χ4n) is 1.91. The monoisotopic (exact) mass is 383 g/mol. The zero-order chi connectivity index (χ0) is 17.5. The molecule has 0 saturated carbocycles. The molecule has 5 heteroatoms. The molecule has 4 nitrogen and oxygen atoms in total. The molecule has 0 radical (unpaired) electrons. The number of rotatable bonds is 1. The lowest BCUT2D eigenvalue weighted by molar-refractivity contribution is 0.0934. The van der Waals surface area contributed by atoms with Crippen LogP contribution in [0.4, 0.5) is 5.69 Å². The van der Waals surface area contributed by atoms with E-state index in [1.54, 1.807) is 12.1 Å². The Labute approximate surface area is 150 Å². The Morgan fingerprint density at radius 3 is 2.38 bits per heavy atom. The predicted octanol–water partition coefficient (Wildman–Crippen LogP) is 3.90. The fraction of sp³-hybridized carbons (Fsp3) is 0.158. The molecule has 1 aromatic heterocycles. The van der Waals surface area contributed by atoms with Gasteiger partial charge in [-0.2, -0.15) is 0 Å². The third kappa shape index (κ3) is 4.97. The van der Waals surface area contributed by atoms with Crippen molar-refractivity contribution in [2.24, 2.45) is 0 Å². The number of anilines is 1. The van der Waals surface area contributed by atoms with Crippen molar-refractivity contribution >= 4 is 27.5 Å². The number of hydrogen-bond acceptors (Lipinski definition) is 3. The first-order valence-corrected chi connectivity index (χ1v) is 8.14. The van der Waals surface area contributed by atoms with Crippen molar-refractivity contribution in [1.29, 1.82) is 0 Å². The van der Waals surface area contributed by atoms with Gasteiger partial charge in [0.1, 0.15) is 16.6 Å². The molecule has 0 aliphatic rings. The molecule has 2 rings (SSSR count). The highest BCUT2D eigenvalue weighted by molar-refractivity contribution is 9.10. The molecular weight excluding hydrogens is 366 g/mol. The van der Waals surface area contributed by atoms with E-state index in [0.717, 1.165) is 11.3 Å². The molecule has 0 spiro atoms. The average Bonchev–Trinajstić information content (AvgIpc) is 2.64. The van der Waals surface area contributed by atoms with Crippen molar-refractivity contribution in [3.63, 3.8) is 0 Å². The van der Waals surface area contributed by atoms with Crippen LogP contribution in [-0.4, -0.2) is 29.6 Å². The third-order valence-electron chi connectivity index (χ3n) is 3.21. The van der Waals surface area contributed by atoms with E-state index in [-0.39, 0.29) is 5.91 Å². The van der Waals surface area contributed by atoms with E-state index in [1.807, 2.05) is 55.4 Å². The molecule has 0 atom stereocenters. The van der Waals surface area contributed by atoms with Gasteiger partial charge in [-0.1, -0.05) is 18.1 Å². The quantitative estimate of drug-likeness (QED) is 0.700. The molecule has 2 aromatic rings. The van der Waals surface area contributed by atoms with Crippen LogP contribution in [-0.2, 0) is 0 Å². The molecule has 0 N–H and O–H groups in total. The maximum atomic E-state index is 11.9. The van der Waals surface area contributed by atoms with E-state index in [9.17, 15) is 4.79 Å². The Balaban J connectivity index is 2.48. The summed E-state index contributed by atoms with van der Waals surface area (Å²) >= 11 is 3.31. The highest BCUT2D eigenvalue weighted by atomic mass is 79.9. The molecule has 1 aromatic carbocycles. The average molecular weight is 384 g/mol. The van der Waals surface area contributed by atoms with Crippen LogP contribution in [0.3, 0.4) is 0 Å². The lowest BCUT2D eigenvalue weighted by atomic mass is 10.2. The SMILES string of the molecule is CC(=O)n1cnc(Br)ccccc1C#Cc1ccc(N(C)C)cc1. The summed E-state index contributed by atoms with van der Waals surface area (Å²) in [6, 6.07) is 15.2. The normalized spacial score (nSPS) is 9.50. The van der Waals surface area contributed by atoms with Gasteiger partial charge in [0.15, 0.2) is 0 Å². The van der Waals surface area contributed by atoms with Gasteiger partial charge in [-0.05, 0) is 58.2 Å². The number of carbonyl (C=O) groups excluding carboxylic acids is 1. The first-order chi connectivity index (χ1) is 11.5. The Kier molecular flexibility index (Phi) is 6.16. The van der Waals surface area contributed by atoms with Crippen LogP contribution in [0, 0.1) is 11.8 Å². The minimum atomic E-state index is -0.155. The number of nitrogens with zero attached hydrogens (tertiary/aromatic N) is 3. The minimum absolute atomic E-state index is 0.155. The molecule has 1 heterocycles.